The highest BCUT2D eigenvalue weighted by Gasteiger charge is 2.25. The molecule has 0 unspecified atom stereocenters. The lowest BCUT2D eigenvalue weighted by atomic mass is 9.96. The summed E-state index contributed by atoms with van der Waals surface area (Å²) < 4.78 is 17.0. The van der Waals surface area contributed by atoms with Crippen molar-refractivity contribution < 1.29 is 9.18 Å². The van der Waals surface area contributed by atoms with Crippen molar-refractivity contribution in [2.75, 3.05) is 30.8 Å². The van der Waals surface area contributed by atoms with E-state index in [1.165, 1.54) is 0 Å². The summed E-state index contributed by atoms with van der Waals surface area (Å²) in [6, 6.07) is 0.00601. The predicted octanol–water partition coefficient (Wildman–Crippen LogP) is 4.17. The molecule has 178 valence electrons. The predicted molar refractivity (Wildman–Crippen MR) is 131 cm³/mol. The number of H-pyrrole nitrogens is 1. The third-order valence-corrected chi connectivity index (χ3v) is 6.52. The molecule has 0 spiro atoms. The third kappa shape index (κ3) is 4.07. The van der Waals surface area contributed by atoms with Crippen molar-refractivity contribution >= 4 is 45.6 Å². The lowest BCUT2D eigenvalue weighted by Gasteiger charge is -2.27. The Labute approximate surface area is 200 Å². The van der Waals surface area contributed by atoms with Crippen molar-refractivity contribution in [3.05, 3.63) is 35.6 Å². The van der Waals surface area contributed by atoms with Crippen LogP contribution in [0.4, 0.5) is 15.9 Å². The van der Waals surface area contributed by atoms with Gasteiger partial charge in [0.05, 0.1) is 40.5 Å². The number of piperidine rings is 1. The SMILES string of the molecule is CC(C)Nc1c(F)c(Cl)c(-c2cn3cc(NC(=O)C4CCN(C)CC4)nc3cn2)c2cn[nH]c12. The van der Waals surface area contributed by atoms with Gasteiger partial charge in [-0.15, -0.1) is 0 Å². The Morgan fingerprint density at radius 2 is 2.03 bits per heavy atom. The van der Waals surface area contributed by atoms with Crippen molar-refractivity contribution in [2.24, 2.45) is 5.92 Å². The van der Waals surface area contributed by atoms with Gasteiger partial charge in [0.2, 0.25) is 5.91 Å². The summed E-state index contributed by atoms with van der Waals surface area (Å²) in [4.78, 5) is 23.8. The highest BCUT2D eigenvalue weighted by Crippen LogP contribution is 2.40. The Hall–Kier alpha value is -3.24. The van der Waals surface area contributed by atoms with Gasteiger partial charge in [0.1, 0.15) is 0 Å². The molecule has 9 nitrogen and oxygen atoms in total. The van der Waals surface area contributed by atoms with Gasteiger partial charge in [-0.2, -0.15) is 5.10 Å². The number of imidazole rings is 1. The van der Waals surface area contributed by atoms with E-state index in [2.05, 4.69) is 42.7 Å². The first-order valence-corrected chi connectivity index (χ1v) is 11.6. The molecule has 0 bridgehead atoms. The van der Waals surface area contributed by atoms with Gasteiger partial charge in [0, 0.05) is 29.1 Å². The first-order chi connectivity index (χ1) is 16.3. The summed E-state index contributed by atoms with van der Waals surface area (Å²) in [5.74, 6) is -0.169. The molecule has 4 heterocycles. The molecular formula is C23H26ClFN8O. The second-order valence-corrected chi connectivity index (χ2v) is 9.44. The van der Waals surface area contributed by atoms with Crippen LogP contribution in [0.3, 0.4) is 0 Å². The number of amides is 1. The molecule has 3 N–H and O–H groups in total. The van der Waals surface area contributed by atoms with Crippen molar-refractivity contribution in [1.82, 2.24) is 29.5 Å². The molecular weight excluding hydrogens is 459 g/mol. The number of anilines is 2. The lowest BCUT2D eigenvalue weighted by Crippen LogP contribution is -2.35. The van der Waals surface area contributed by atoms with Gasteiger partial charge in [0.25, 0.3) is 0 Å². The number of fused-ring (bicyclic) bond motifs is 2. The number of hydrogen-bond donors (Lipinski definition) is 3. The third-order valence-electron chi connectivity index (χ3n) is 6.16. The number of nitrogens with zero attached hydrogens (tertiary/aromatic N) is 5. The van der Waals surface area contributed by atoms with E-state index in [1.54, 1.807) is 29.2 Å². The number of hydrogen-bond acceptors (Lipinski definition) is 6. The minimum absolute atomic E-state index is 0.00601. The van der Waals surface area contributed by atoms with E-state index in [9.17, 15) is 4.79 Å². The van der Waals surface area contributed by atoms with E-state index in [1.807, 2.05) is 13.8 Å². The molecule has 0 saturated carbocycles. The van der Waals surface area contributed by atoms with E-state index in [0.29, 0.717) is 33.6 Å². The highest BCUT2D eigenvalue weighted by atomic mass is 35.5. The molecule has 34 heavy (non-hydrogen) atoms. The zero-order valence-corrected chi connectivity index (χ0v) is 19.9. The summed E-state index contributed by atoms with van der Waals surface area (Å²) in [6.45, 7) is 5.64. The van der Waals surface area contributed by atoms with Gasteiger partial charge in [0.15, 0.2) is 17.3 Å². The molecule has 1 fully saturated rings. The van der Waals surface area contributed by atoms with E-state index in [-0.39, 0.29) is 28.6 Å². The molecule has 1 aliphatic heterocycles. The average molecular weight is 485 g/mol. The number of benzene rings is 1. The van der Waals surface area contributed by atoms with Gasteiger partial charge in [-0.25, -0.2) is 9.37 Å². The maximum Gasteiger partial charge on any atom is 0.228 e. The number of nitrogens with one attached hydrogen (secondary N) is 3. The topological polar surface area (TPSA) is 103 Å². The molecule has 1 aliphatic rings. The van der Waals surface area contributed by atoms with Crippen molar-refractivity contribution in [3.63, 3.8) is 0 Å². The fourth-order valence-corrected chi connectivity index (χ4v) is 4.67. The Balaban J connectivity index is 1.48. The number of aromatic nitrogens is 5. The number of halogens is 2. The first-order valence-electron chi connectivity index (χ1n) is 11.3. The Kier molecular flexibility index (Phi) is 5.86. The monoisotopic (exact) mass is 484 g/mol. The summed E-state index contributed by atoms with van der Waals surface area (Å²) >= 11 is 6.49. The van der Waals surface area contributed by atoms with Crippen LogP contribution in [0.5, 0.6) is 0 Å². The Morgan fingerprint density at radius 3 is 2.76 bits per heavy atom. The van der Waals surface area contributed by atoms with Crippen LogP contribution in [0.1, 0.15) is 26.7 Å². The highest BCUT2D eigenvalue weighted by molar-refractivity contribution is 6.35. The van der Waals surface area contributed by atoms with Crippen LogP contribution in [0.15, 0.2) is 24.8 Å². The molecule has 0 aliphatic carbocycles. The van der Waals surface area contributed by atoms with E-state index in [0.717, 1.165) is 25.9 Å². The molecule has 0 radical (unpaired) electrons. The molecule has 0 atom stereocenters. The average Bonchev–Trinajstić information content (AvgIpc) is 3.43. The first kappa shape index (κ1) is 22.5. The van der Waals surface area contributed by atoms with Crippen LogP contribution >= 0.6 is 11.6 Å². The quantitative estimate of drug-likeness (QED) is 0.393. The summed E-state index contributed by atoms with van der Waals surface area (Å²) in [5, 5.41) is 13.6. The second kappa shape index (κ2) is 8.84. The fourth-order valence-electron chi connectivity index (χ4n) is 4.38. The molecule has 1 saturated heterocycles. The van der Waals surface area contributed by atoms with Crippen LogP contribution < -0.4 is 10.6 Å². The van der Waals surface area contributed by atoms with Gasteiger partial charge in [-0.1, -0.05) is 11.6 Å². The maximum atomic E-state index is 15.2. The minimum Gasteiger partial charge on any atom is -0.379 e. The second-order valence-electron chi connectivity index (χ2n) is 9.07. The van der Waals surface area contributed by atoms with E-state index < -0.39 is 5.82 Å². The van der Waals surface area contributed by atoms with Crippen LogP contribution in [-0.4, -0.2) is 61.6 Å². The number of carbonyl (C=O) groups excluding carboxylic acids is 1. The summed E-state index contributed by atoms with van der Waals surface area (Å²) in [6.07, 6.45) is 8.27. The summed E-state index contributed by atoms with van der Waals surface area (Å²) in [7, 11) is 2.06. The van der Waals surface area contributed by atoms with Crippen LogP contribution in [0, 0.1) is 11.7 Å². The summed E-state index contributed by atoms with van der Waals surface area (Å²) in [5.41, 5.74) is 2.25. The maximum absolute atomic E-state index is 15.2. The largest absolute Gasteiger partial charge is 0.379 e. The molecule has 5 rings (SSSR count). The minimum atomic E-state index is -0.569. The Morgan fingerprint density at radius 1 is 1.26 bits per heavy atom. The van der Waals surface area contributed by atoms with Gasteiger partial charge < -0.3 is 19.9 Å². The fraction of sp³-hybridized carbons (Fsp3) is 0.391. The lowest BCUT2D eigenvalue weighted by molar-refractivity contribution is -0.121. The smallest absolute Gasteiger partial charge is 0.228 e. The zero-order valence-electron chi connectivity index (χ0n) is 19.2. The van der Waals surface area contributed by atoms with Crippen LogP contribution in [-0.2, 0) is 4.79 Å². The van der Waals surface area contributed by atoms with Gasteiger partial charge in [-0.3, -0.25) is 14.9 Å². The van der Waals surface area contributed by atoms with Crippen LogP contribution in [0.2, 0.25) is 5.02 Å². The standard InChI is InChI=1S/C23H26ClFN8O/c1-12(2)28-22-20(25)19(24)18(14-8-27-31-21(14)22)15-10-33-11-16(29-17(33)9-26-15)30-23(34)13-4-6-32(3)7-5-13/h8-13,28H,4-7H2,1-3H3,(H,27,31)(H,30,34). The number of likely N-dealkylation sites (tertiary alicyclic amines) is 1. The number of aromatic amines is 1. The number of carbonyl (C=O) groups is 1. The van der Waals surface area contributed by atoms with Crippen molar-refractivity contribution in [1.29, 1.82) is 0 Å². The van der Waals surface area contributed by atoms with Crippen LogP contribution in [0.25, 0.3) is 27.8 Å². The molecule has 1 aromatic carbocycles. The zero-order chi connectivity index (χ0) is 24.0. The van der Waals surface area contributed by atoms with Crippen molar-refractivity contribution in [2.45, 2.75) is 32.7 Å². The molecule has 4 aromatic rings. The molecule has 1 amide bonds. The van der Waals surface area contributed by atoms with Gasteiger partial charge >= 0.3 is 0 Å². The normalized spacial score (nSPS) is 15.5. The Bertz CT molecular complexity index is 1370. The van der Waals surface area contributed by atoms with E-state index in [4.69, 9.17) is 11.6 Å². The van der Waals surface area contributed by atoms with Gasteiger partial charge in [-0.05, 0) is 46.8 Å². The van der Waals surface area contributed by atoms with E-state index >= 15 is 4.39 Å². The molecule has 11 heteroatoms. The molecule has 3 aromatic heterocycles. The number of rotatable bonds is 5. The van der Waals surface area contributed by atoms with Crippen molar-refractivity contribution in [3.8, 4) is 11.3 Å².